The highest BCUT2D eigenvalue weighted by molar-refractivity contribution is 5.92. The standard InChI is InChI=1S/C30H24FN3O3/c1-20-5-4-6-22(17-20)19-33-27-8-3-2-7-26(27)29(36)34(30(33)37)25-15-9-21(10-16-25)18-28(35)32-24-13-11-23(31)12-14-24/h2-17H,18-19H2,1H3,(H,32,35). The molecule has 5 aromatic rings. The summed E-state index contributed by atoms with van der Waals surface area (Å²) in [6, 6.07) is 27.3. The summed E-state index contributed by atoms with van der Waals surface area (Å²) in [5.74, 6) is -0.641. The van der Waals surface area contributed by atoms with Gasteiger partial charge in [-0.15, -0.1) is 0 Å². The van der Waals surface area contributed by atoms with Crippen molar-refractivity contribution >= 4 is 22.5 Å². The quantitative estimate of drug-likeness (QED) is 0.368. The molecule has 184 valence electrons. The second-order valence-corrected chi connectivity index (χ2v) is 8.91. The fourth-order valence-corrected chi connectivity index (χ4v) is 4.38. The van der Waals surface area contributed by atoms with E-state index in [-0.39, 0.29) is 18.1 Å². The molecular weight excluding hydrogens is 469 g/mol. The number of amides is 1. The highest BCUT2D eigenvalue weighted by Gasteiger charge is 2.15. The molecule has 5 rings (SSSR count). The predicted octanol–water partition coefficient (Wildman–Crippen LogP) is 4.83. The number of carbonyl (C=O) groups excluding carboxylic acids is 1. The van der Waals surface area contributed by atoms with Crippen LogP contribution in [0.2, 0.25) is 0 Å². The fourth-order valence-electron chi connectivity index (χ4n) is 4.38. The molecule has 6 nitrogen and oxygen atoms in total. The molecule has 4 aromatic carbocycles. The van der Waals surface area contributed by atoms with Gasteiger partial charge in [0.2, 0.25) is 5.91 Å². The Hall–Kier alpha value is -4.78. The smallest absolute Gasteiger partial charge is 0.326 e. The van der Waals surface area contributed by atoms with Gasteiger partial charge in [0.15, 0.2) is 0 Å². The van der Waals surface area contributed by atoms with Gasteiger partial charge in [0.25, 0.3) is 5.56 Å². The molecule has 0 saturated carbocycles. The number of hydrogen-bond acceptors (Lipinski definition) is 3. The molecule has 0 fully saturated rings. The van der Waals surface area contributed by atoms with Crippen LogP contribution >= 0.6 is 0 Å². The molecule has 0 unspecified atom stereocenters. The van der Waals surface area contributed by atoms with Crippen molar-refractivity contribution in [2.24, 2.45) is 0 Å². The van der Waals surface area contributed by atoms with E-state index in [0.717, 1.165) is 11.1 Å². The van der Waals surface area contributed by atoms with Gasteiger partial charge in [-0.05, 0) is 66.6 Å². The Morgan fingerprint density at radius 2 is 1.57 bits per heavy atom. The molecule has 1 amide bonds. The van der Waals surface area contributed by atoms with Crippen LogP contribution in [0.5, 0.6) is 0 Å². The van der Waals surface area contributed by atoms with E-state index in [4.69, 9.17) is 0 Å². The Bertz CT molecular complexity index is 1720. The summed E-state index contributed by atoms with van der Waals surface area (Å²) in [5.41, 5.74) is 3.40. The predicted molar refractivity (Wildman–Crippen MR) is 143 cm³/mol. The molecule has 7 heteroatoms. The maximum Gasteiger partial charge on any atom is 0.336 e. The first-order chi connectivity index (χ1) is 17.9. The molecule has 0 aliphatic heterocycles. The zero-order valence-electron chi connectivity index (χ0n) is 20.1. The number of para-hydroxylation sites is 1. The molecule has 0 saturated heterocycles. The first kappa shape index (κ1) is 23.9. The van der Waals surface area contributed by atoms with Crippen molar-refractivity contribution in [2.75, 3.05) is 5.32 Å². The van der Waals surface area contributed by atoms with Gasteiger partial charge in [-0.2, -0.15) is 0 Å². The molecule has 1 heterocycles. The van der Waals surface area contributed by atoms with Gasteiger partial charge in [0.1, 0.15) is 5.82 Å². The highest BCUT2D eigenvalue weighted by Crippen LogP contribution is 2.15. The average Bonchev–Trinajstić information content (AvgIpc) is 2.89. The van der Waals surface area contributed by atoms with Crippen molar-refractivity contribution in [1.29, 1.82) is 0 Å². The van der Waals surface area contributed by atoms with Crippen molar-refractivity contribution in [2.45, 2.75) is 19.9 Å². The minimum absolute atomic E-state index is 0.0852. The van der Waals surface area contributed by atoms with Crippen LogP contribution in [0.3, 0.4) is 0 Å². The SMILES string of the molecule is Cc1cccc(Cn2c(=O)n(-c3ccc(CC(=O)Nc4ccc(F)cc4)cc3)c(=O)c3ccccc32)c1. The van der Waals surface area contributed by atoms with Crippen molar-refractivity contribution < 1.29 is 9.18 Å². The molecule has 1 aromatic heterocycles. The van der Waals surface area contributed by atoms with Gasteiger partial charge >= 0.3 is 5.69 Å². The molecule has 0 atom stereocenters. The second kappa shape index (κ2) is 10.1. The van der Waals surface area contributed by atoms with E-state index in [1.807, 2.05) is 37.3 Å². The number of aromatic nitrogens is 2. The van der Waals surface area contributed by atoms with Crippen LogP contribution < -0.4 is 16.6 Å². The molecule has 0 aliphatic carbocycles. The summed E-state index contributed by atoms with van der Waals surface area (Å²) in [6.07, 6.45) is 0.0852. The Kier molecular flexibility index (Phi) is 6.51. The van der Waals surface area contributed by atoms with Gasteiger partial charge in [-0.1, -0.05) is 54.1 Å². The van der Waals surface area contributed by atoms with Crippen LogP contribution in [0.25, 0.3) is 16.6 Å². The highest BCUT2D eigenvalue weighted by atomic mass is 19.1. The van der Waals surface area contributed by atoms with Crippen LogP contribution in [-0.4, -0.2) is 15.0 Å². The molecule has 0 radical (unpaired) electrons. The van der Waals surface area contributed by atoms with Crippen molar-refractivity contribution in [3.8, 4) is 5.69 Å². The number of benzene rings is 4. The Labute approximate surface area is 212 Å². The van der Waals surface area contributed by atoms with Gasteiger partial charge in [-0.25, -0.2) is 13.8 Å². The van der Waals surface area contributed by atoms with Crippen molar-refractivity contribution in [3.63, 3.8) is 0 Å². The minimum atomic E-state index is -0.438. The summed E-state index contributed by atoms with van der Waals surface area (Å²) >= 11 is 0. The second-order valence-electron chi connectivity index (χ2n) is 8.91. The van der Waals surface area contributed by atoms with Crippen LogP contribution in [0.4, 0.5) is 10.1 Å². The van der Waals surface area contributed by atoms with Crippen molar-refractivity contribution in [3.05, 3.63) is 140 Å². The third-order valence-corrected chi connectivity index (χ3v) is 6.16. The molecular formula is C30H24FN3O3. The summed E-state index contributed by atoms with van der Waals surface area (Å²) in [7, 11) is 0. The van der Waals surface area contributed by atoms with Gasteiger partial charge in [-0.3, -0.25) is 14.2 Å². The number of nitrogens with one attached hydrogen (secondary N) is 1. The van der Waals surface area contributed by atoms with Gasteiger partial charge in [0, 0.05) is 5.69 Å². The molecule has 0 bridgehead atoms. The number of hydrogen-bond donors (Lipinski definition) is 1. The summed E-state index contributed by atoms with van der Waals surface area (Å²) < 4.78 is 15.9. The molecule has 0 aliphatic rings. The van der Waals surface area contributed by atoms with Crippen LogP contribution in [-0.2, 0) is 17.8 Å². The van der Waals surface area contributed by atoms with E-state index in [2.05, 4.69) is 5.32 Å². The number of rotatable bonds is 6. The van der Waals surface area contributed by atoms with E-state index in [1.165, 1.54) is 28.8 Å². The Morgan fingerprint density at radius 1 is 0.838 bits per heavy atom. The lowest BCUT2D eigenvalue weighted by Gasteiger charge is -2.15. The monoisotopic (exact) mass is 493 g/mol. The summed E-state index contributed by atoms with van der Waals surface area (Å²) in [4.78, 5) is 39.4. The largest absolute Gasteiger partial charge is 0.336 e. The maximum absolute atomic E-state index is 13.6. The lowest BCUT2D eigenvalue weighted by Crippen LogP contribution is -2.39. The number of aryl methyl sites for hydroxylation is 1. The van der Waals surface area contributed by atoms with E-state index < -0.39 is 11.2 Å². The number of halogens is 1. The van der Waals surface area contributed by atoms with Gasteiger partial charge in [0.05, 0.1) is 29.6 Å². The van der Waals surface area contributed by atoms with E-state index in [1.54, 1.807) is 47.0 Å². The van der Waals surface area contributed by atoms with Gasteiger partial charge < -0.3 is 5.32 Å². The molecule has 37 heavy (non-hydrogen) atoms. The summed E-state index contributed by atoms with van der Waals surface area (Å²) in [6.45, 7) is 2.32. The molecule has 1 N–H and O–H groups in total. The van der Waals surface area contributed by atoms with Crippen molar-refractivity contribution in [1.82, 2.24) is 9.13 Å². The third kappa shape index (κ3) is 5.11. The van der Waals surface area contributed by atoms with Crippen LogP contribution in [0, 0.1) is 12.7 Å². The zero-order valence-corrected chi connectivity index (χ0v) is 20.1. The number of anilines is 1. The first-order valence-electron chi connectivity index (χ1n) is 11.8. The van der Waals surface area contributed by atoms with E-state index >= 15 is 0 Å². The Balaban J connectivity index is 1.47. The summed E-state index contributed by atoms with van der Waals surface area (Å²) in [5, 5.41) is 3.16. The maximum atomic E-state index is 13.6. The lowest BCUT2D eigenvalue weighted by molar-refractivity contribution is -0.115. The van der Waals surface area contributed by atoms with Crippen LogP contribution in [0.1, 0.15) is 16.7 Å². The first-order valence-corrected chi connectivity index (χ1v) is 11.8. The lowest BCUT2D eigenvalue weighted by atomic mass is 10.1. The normalized spacial score (nSPS) is 11.0. The number of carbonyl (C=O) groups is 1. The average molecular weight is 494 g/mol. The fraction of sp³-hybridized carbons (Fsp3) is 0.100. The topological polar surface area (TPSA) is 73.1 Å². The third-order valence-electron chi connectivity index (χ3n) is 6.16. The van der Waals surface area contributed by atoms with E-state index in [9.17, 15) is 18.8 Å². The molecule has 0 spiro atoms. The Morgan fingerprint density at radius 3 is 2.30 bits per heavy atom. The van der Waals surface area contributed by atoms with E-state index in [0.29, 0.717) is 34.4 Å². The minimum Gasteiger partial charge on any atom is -0.326 e. The number of fused-ring (bicyclic) bond motifs is 1. The zero-order chi connectivity index (χ0) is 25.9. The number of nitrogens with zero attached hydrogens (tertiary/aromatic N) is 2. The van der Waals surface area contributed by atoms with Crippen LogP contribution in [0.15, 0.2) is 107 Å².